The summed E-state index contributed by atoms with van der Waals surface area (Å²) in [6.07, 6.45) is 2.51. The third-order valence-corrected chi connectivity index (χ3v) is 7.63. The maximum Gasteiger partial charge on any atom is 0.319 e. The van der Waals surface area contributed by atoms with Crippen LogP contribution in [-0.4, -0.2) is 52.4 Å². The molecule has 0 spiro atoms. The second kappa shape index (κ2) is 8.41. The molecular weight excluding hydrogens is 449 g/mol. The molecule has 5 atom stereocenters. The predicted octanol–water partition coefficient (Wildman–Crippen LogP) is 4.17. The number of nitrogens with zero attached hydrogens (tertiary/aromatic N) is 2. The van der Waals surface area contributed by atoms with Crippen LogP contribution in [0.5, 0.6) is 5.75 Å². The van der Waals surface area contributed by atoms with Crippen molar-refractivity contribution in [1.82, 2.24) is 9.97 Å². The lowest BCUT2D eigenvalue weighted by molar-refractivity contribution is -0.159. The van der Waals surface area contributed by atoms with Crippen molar-refractivity contribution in [3.63, 3.8) is 0 Å². The molecule has 1 saturated carbocycles. The Morgan fingerprint density at radius 3 is 2.88 bits per heavy atom. The van der Waals surface area contributed by atoms with E-state index in [1.807, 2.05) is 20.8 Å². The Kier molecular flexibility index (Phi) is 5.70. The highest BCUT2D eigenvalue weighted by Gasteiger charge is 2.50. The predicted molar refractivity (Wildman–Crippen MR) is 119 cm³/mol. The number of rotatable bonds is 5. The quantitative estimate of drug-likeness (QED) is 0.505. The van der Waals surface area contributed by atoms with Crippen molar-refractivity contribution in [2.24, 2.45) is 0 Å². The van der Waals surface area contributed by atoms with Gasteiger partial charge in [0.2, 0.25) is 0 Å². The second-order valence-electron chi connectivity index (χ2n) is 8.93. The number of aromatic nitrogens is 2. The Balaban J connectivity index is 1.41. The molecule has 0 radical (unpaired) electrons. The number of carbonyl (C=O) groups excluding carboxylic acids is 1. The van der Waals surface area contributed by atoms with Crippen LogP contribution in [0, 0.1) is 5.82 Å². The van der Waals surface area contributed by atoms with Gasteiger partial charge in [0.1, 0.15) is 46.2 Å². The van der Waals surface area contributed by atoms with Crippen molar-refractivity contribution >= 4 is 29.2 Å². The first-order chi connectivity index (χ1) is 15.8. The van der Waals surface area contributed by atoms with Gasteiger partial charge in [0.05, 0.1) is 18.9 Å². The highest BCUT2D eigenvalue weighted by molar-refractivity contribution is 8.01. The summed E-state index contributed by atoms with van der Waals surface area (Å²) in [6.45, 7) is 5.71. The topological polar surface area (TPSA) is 91.8 Å². The van der Waals surface area contributed by atoms with Crippen LogP contribution in [-0.2, 0) is 19.0 Å². The Morgan fingerprint density at radius 1 is 1.27 bits per heavy atom. The van der Waals surface area contributed by atoms with Crippen molar-refractivity contribution in [2.75, 3.05) is 12.4 Å². The average molecular weight is 476 g/mol. The smallest absolute Gasteiger partial charge is 0.319 e. The van der Waals surface area contributed by atoms with Crippen LogP contribution in [0.25, 0.3) is 0 Å². The lowest BCUT2D eigenvalue weighted by atomic mass is 9.99. The number of halogens is 1. The third kappa shape index (κ3) is 4.15. The summed E-state index contributed by atoms with van der Waals surface area (Å²) in [6, 6.07) is 4.33. The van der Waals surface area contributed by atoms with Crippen LogP contribution in [0.1, 0.15) is 45.1 Å². The normalized spacial score (nSPS) is 29.4. The molecule has 1 aromatic heterocycles. The molecule has 2 fully saturated rings. The molecule has 0 bridgehead atoms. The van der Waals surface area contributed by atoms with Gasteiger partial charge in [-0.15, -0.1) is 0 Å². The zero-order valence-corrected chi connectivity index (χ0v) is 19.6. The number of thioether (sulfide) groups is 1. The molecule has 33 heavy (non-hydrogen) atoms. The van der Waals surface area contributed by atoms with Crippen molar-refractivity contribution in [3.05, 3.63) is 35.9 Å². The first-order valence-corrected chi connectivity index (χ1v) is 11.8. The summed E-state index contributed by atoms with van der Waals surface area (Å²) in [5, 5.41) is 3.60. The second-order valence-corrected chi connectivity index (χ2v) is 10.1. The minimum absolute atomic E-state index is 0.0340. The SMILES string of the molecule is COC(=O)C1Sc2ncnc(Nc3ccc(F)cc3O[C@@H]3CC[C@@H]4OC(C)(C)O[C@@H]43)c2C1C. The Labute approximate surface area is 195 Å². The van der Waals surface area contributed by atoms with Crippen molar-refractivity contribution in [2.45, 2.75) is 73.9 Å². The summed E-state index contributed by atoms with van der Waals surface area (Å²) < 4.78 is 37.3. The molecule has 1 aliphatic carbocycles. The lowest BCUT2D eigenvalue weighted by Gasteiger charge is -2.24. The summed E-state index contributed by atoms with van der Waals surface area (Å²) in [5.41, 5.74) is 1.39. The fourth-order valence-electron chi connectivity index (χ4n) is 4.73. The number of fused-ring (bicyclic) bond motifs is 2. The van der Waals surface area contributed by atoms with Gasteiger partial charge in [-0.05, 0) is 38.8 Å². The number of hydrogen-bond donors (Lipinski definition) is 1. The molecule has 3 heterocycles. The van der Waals surface area contributed by atoms with Crippen molar-refractivity contribution in [3.8, 4) is 5.75 Å². The van der Waals surface area contributed by atoms with E-state index in [0.29, 0.717) is 17.3 Å². The molecule has 8 nitrogen and oxygen atoms in total. The fourth-order valence-corrected chi connectivity index (χ4v) is 6.02. The molecule has 1 saturated heterocycles. The van der Waals surface area contributed by atoms with Gasteiger partial charge in [-0.25, -0.2) is 14.4 Å². The van der Waals surface area contributed by atoms with Crippen LogP contribution in [0.4, 0.5) is 15.9 Å². The summed E-state index contributed by atoms with van der Waals surface area (Å²) in [4.78, 5) is 20.9. The number of ether oxygens (including phenoxy) is 4. The van der Waals surface area contributed by atoms with E-state index in [1.54, 1.807) is 6.07 Å². The standard InChI is InChI=1S/C23H26FN3O5S/c1-11-17-20(25-10-26-21(17)33-19(11)22(28)29-4)27-13-6-5-12(24)9-16(13)30-14-7-8-15-18(14)32-23(2,3)31-15/h5-6,9-11,14-15,18-19H,7-8H2,1-4H3,(H,25,26,27)/t11?,14-,15+,18-,19?/m1/s1. The van der Waals surface area contributed by atoms with E-state index in [1.165, 1.54) is 37.3 Å². The van der Waals surface area contributed by atoms with E-state index in [-0.39, 0.29) is 30.2 Å². The monoisotopic (exact) mass is 475 g/mol. The Bertz CT molecular complexity index is 1080. The van der Waals surface area contributed by atoms with E-state index in [4.69, 9.17) is 18.9 Å². The maximum atomic E-state index is 14.2. The first-order valence-electron chi connectivity index (χ1n) is 10.9. The van der Waals surface area contributed by atoms with Crippen LogP contribution in [0.3, 0.4) is 0 Å². The highest BCUT2D eigenvalue weighted by Crippen LogP contribution is 2.48. The zero-order chi connectivity index (χ0) is 23.3. The van der Waals surface area contributed by atoms with E-state index in [0.717, 1.165) is 23.4 Å². The Morgan fingerprint density at radius 2 is 2.09 bits per heavy atom. The van der Waals surface area contributed by atoms with Crippen LogP contribution >= 0.6 is 11.8 Å². The van der Waals surface area contributed by atoms with Gasteiger partial charge in [0.15, 0.2) is 5.79 Å². The number of benzene rings is 1. The lowest BCUT2D eigenvalue weighted by Crippen LogP contribution is -2.33. The molecule has 10 heteroatoms. The molecule has 2 aromatic rings. The number of anilines is 2. The largest absolute Gasteiger partial charge is 0.485 e. The van der Waals surface area contributed by atoms with Crippen molar-refractivity contribution in [1.29, 1.82) is 0 Å². The molecule has 5 rings (SSSR count). The third-order valence-electron chi connectivity index (χ3n) is 6.23. The van der Waals surface area contributed by atoms with Crippen LogP contribution < -0.4 is 10.1 Å². The summed E-state index contributed by atoms with van der Waals surface area (Å²) in [5.74, 6) is -0.617. The minimum atomic E-state index is -0.661. The summed E-state index contributed by atoms with van der Waals surface area (Å²) in [7, 11) is 1.37. The van der Waals surface area contributed by atoms with Gasteiger partial charge in [-0.3, -0.25) is 4.79 Å². The van der Waals surface area contributed by atoms with E-state index in [2.05, 4.69) is 15.3 Å². The minimum Gasteiger partial charge on any atom is -0.485 e. The van der Waals surface area contributed by atoms with Crippen molar-refractivity contribution < 1.29 is 28.1 Å². The van der Waals surface area contributed by atoms with E-state index in [9.17, 15) is 9.18 Å². The molecule has 2 unspecified atom stereocenters. The molecular formula is C23H26FN3O5S. The summed E-state index contributed by atoms with van der Waals surface area (Å²) >= 11 is 1.36. The molecule has 1 aromatic carbocycles. The zero-order valence-electron chi connectivity index (χ0n) is 18.8. The highest BCUT2D eigenvalue weighted by atomic mass is 32.2. The Hall–Kier alpha value is -2.43. The first kappa shape index (κ1) is 22.4. The molecule has 2 aliphatic heterocycles. The van der Waals surface area contributed by atoms with Gasteiger partial charge in [0.25, 0.3) is 0 Å². The van der Waals surface area contributed by atoms with E-state index < -0.39 is 16.9 Å². The van der Waals surface area contributed by atoms with Gasteiger partial charge in [0, 0.05) is 17.5 Å². The number of methoxy groups -OCH3 is 1. The van der Waals surface area contributed by atoms with Gasteiger partial charge < -0.3 is 24.3 Å². The molecule has 1 N–H and O–H groups in total. The average Bonchev–Trinajstić information content (AvgIpc) is 3.40. The maximum absolute atomic E-state index is 14.2. The number of hydrogen-bond acceptors (Lipinski definition) is 9. The van der Waals surface area contributed by atoms with Crippen LogP contribution in [0.2, 0.25) is 0 Å². The van der Waals surface area contributed by atoms with Gasteiger partial charge in [-0.2, -0.15) is 0 Å². The van der Waals surface area contributed by atoms with Gasteiger partial charge in [-0.1, -0.05) is 18.7 Å². The fraction of sp³-hybridized carbons (Fsp3) is 0.522. The van der Waals surface area contributed by atoms with E-state index >= 15 is 0 Å². The number of carbonyl (C=O) groups is 1. The van der Waals surface area contributed by atoms with Crippen LogP contribution in [0.15, 0.2) is 29.6 Å². The number of nitrogens with one attached hydrogen (secondary N) is 1. The molecule has 0 amide bonds. The molecule has 3 aliphatic rings. The van der Waals surface area contributed by atoms with Gasteiger partial charge >= 0.3 is 5.97 Å². The number of esters is 1. The molecule has 176 valence electrons.